The van der Waals surface area contributed by atoms with Gasteiger partial charge in [-0.25, -0.2) is 13.6 Å². The van der Waals surface area contributed by atoms with Gasteiger partial charge in [-0.05, 0) is 59.0 Å². The van der Waals surface area contributed by atoms with E-state index in [-0.39, 0.29) is 5.82 Å². The van der Waals surface area contributed by atoms with Crippen LogP contribution in [0.15, 0.2) is 42.5 Å². The van der Waals surface area contributed by atoms with Crippen molar-refractivity contribution >= 4 is 40.0 Å². The predicted molar refractivity (Wildman–Crippen MR) is 78.2 cm³/mol. The van der Waals surface area contributed by atoms with E-state index in [9.17, 15) is 13.6 Å². The maximum atomic E-state index is 12.9. The lowest BCUT2D eigenvalue weighted by molar-refractivity contribution is 0.262. The van der Waals surface area contributed by atoms with Crippen LogP contribution in [0.5, 0.6) is 0 Å². The van der Waals surface area contributed by atoms with E-state index in [1.54, 1.807) is 6.07 Å². The first kappa shape index (κ1) is 13.7. The number of hydrogen-bond acceptors (Lipinski definition) is 1. The average molecular weight is 374 g/mol. The molecule has 2 N–H and O–H groups in total. The maximum Gasteiger partial charge on any atom is 0.323 e. The van der Waals surface area contributed by atoms with E-state index in [1.165, 1.54) is 36.4 Å². The fraction of sp³-hybridized carbons (Fsp3) is 0. The Hall–Kier alpha value is -1.70. The fourth-order valence-electron chi connectivity index (χ4n) is 1.44. The summed E-state index contributed by atoms with van der Waals surface area (Å²) in [7, 11) is 0. The smallest absolute Gasteiger partial charge is 0.308 e. The lowest BCUT2D eigenvalue weighted by Crippen LogP contribution is -2.20. The van der Waals surface area contributed by atoms with Gasteiger partial charge in [0.1, 0.15) is 11.6 Å². The van der Waals surface area contributed by atoms with Crippen LogP contribution in [0, 0.1) is 15.2 Å². The summed E-state index contributed by atoms with van der Waals surface area (Å²) in [6.45, 7) is 0. The molecule has 2 aromatic carbocycles. The third kappa shape index (κ3) is 3.88. The molecule has 0 bridgehead atoms. The number of carbonyl (C=O) groups is 1. The first-order valence-electron chi connectivity index (χ1n) is 5.33. The van der Waals surface area contributed by atoms with Gasteiger partial charge in [0, 0.05) is 9.26 Å². The zero-order chi connectivity index (χ0) is 13.8. The van der Waals surface area contributed by atoms with Gasteiger partial charge in [0.2, 0.25) is 0 Å². The summed E-state index contributed by atoms with van der Waals surface area (Å²) in [5.74, 6) is -0.811. The number of halogens is 3. The molecule has 0 aliphatic rings. The van der Waals surface area contributed by atoms with E-state index in [0.717, 1.165) is 0 Å². The molecule has 19 heavy (non-hydrogen) atoms. The summed E-state index contributed by atoms with van der Waals surface area (Å²) in [5.41, 5.74) is 0.825. The second-order valence-corrected chi connectivity index (χ2v) is 4.88. The molecule has 0 aromatic heterocycles. The molecular weight excluding hydrogens is 365 g/mol. The van der Waals surface area contributed by atoms with Crippen molar-refractivity contribution in [1.29, 1.82) is 0 Å². The molecule has 2 aromatic rings. The Kier molecular flexibility index (Phi) is 4.31. The van der Waals surface area contributed by atoms with Gasteiger partial charge in [-0.15, -0.1) is 0 Å². The highest BCUT2D eigenvalue weighted by molar-refractivity contribution is 14.1. The van der Waals surface area contributed by atoms with Crippen molar-refractivity contribution in [2.75, 3.05) is 10.6 Å². The third-order valence-electron chi connectivity index (χ3n) is 2.26. The van der Waals surface area contributed by atoms with Crippen molar-refractivity contribution in [3.05, 3.63) is 57.7 Å². The number of urea groups is 1. The van der Waals surface area contributed by atoms with Crippen LogP contribution in [0.25, 0.3) is 0 Å². The van der Waals surface area contributed by atoms with Crippen molar-refractivity contribution in [3.8, 4) is 0 Å². The lowest BCUT2D eigenvalue weighted by Gasteiger charge is -2.09. The zero-order valence-corrected chi connectivity index (χ0v) is 11.7. The average Bonchev–Trinajstić information content (AvgIpc) is 2.33. The summed E-state index contributed by atoms with van der Waals surface area (Å²) in [5, 5.41) is 5.04. The highest BCUT2D eigenvalue weighted by Gasteiger charge is 2.06. The Balaban J connectivity index is 2.05. The van der Waals surface area contributed by atoms with E-state index in [1.807, 2.05) is 22.6 Å². The third-order valence-corrected chi connectivity index (χ3v) is 3.15. The second kappa shape index (κ2) is 5.96. The molecule has 0 saturated carbocycles. The molecule has 98 valence electrons. The first-order chi connectivity index (χ1) is 9.04. The molecule has 0 aliphatic carbocycles. The van der Waals surface area contributed by atoms with Crippen LogP contribution in [-0.4, -0.2) is 6.03 Å². The summed E-state index contributed by atoms with van der Waals surface area (Å²) in [6.07, 6.45) is 0. The van der Waals surface area contributed by atoms with Gasteiger partial charge < -0.3 is 10.6 Å². The Morgan fingerprint density at radius 1 is 1.00 bits per heavy atom. The standard InChI is InChI=1S/C13H9F2IN2O/c14-8-2-1-3-10(6-8)17-13(19)18-12-5-4-9(15)7-11(12)16/h1-7H,(H2,17,18,19). The van der Waals surface area contributed by atoms with E-state index < -0.39 is 11.8 Å². The lowest BCUT2D eigenvalue weighted by atomic mass is 10.3. The molecule has 0 heterocycles. The zero-order valence-electron chi connectivity index (χ0n) is 9.58. The molecular formula is C13H9F2IN2O. The van der Waals surface area contributed by atoms with Crippen molar-refractivity contribution in [2.24, 2.45) is 0 Å². The van der Waals surface area contributed by atoms with Gasteiger partial charge in [-0.1, -0.05) is 6.07 Å². The molecule has 0 aliphatic heterocycles. The van der Waals surface area contributed by atoms with Crippen LogP contribution < -0.4 is 10.6 Å². The van der Waals surface area contributed by atoms with Crippen molar-refractivity contribution in [1.82, 2.24) is 0 Å². The minimum atomic E-state index is -0.518. The van der Waals surface area contributed by atoms with Crippen LogP contribution in [0.3, 0.4) is 0 Å². The Bertz CT molecular complexity index is 619. The molecule has 0 saturated heterocycles. The molecule has 0 atom stereocenters. The van der Waals surface area contributed by atoms with Crippen LogP contribution in [-0.2, 0) is 0 Å². The molecule has 0 fully saturated rings. The number of carbonyl (C=O) groups excluding carboxylic acids is 1. The molecule has 2 amide bonds. The molecule has 0 unspecified atom stereocenters. The highest BCUT2D eigenvalue weighted by atomic mass is 127. The number of anilines is 2. The number of rotatable bonds is 2. The SMILES string of the molecule is O=C(Nc1cccc(F)c1)Nc1ccc(F)cc1I. The van der Waals surface area contributed by atoms with E-state index in [4.69, 9.17) is 0 Å². The normalized spacial score (nSPS) is 10.1. The van der Waals surface area contributed by atoms with Crippen LogP contribution >= 0.6 is 22.6 Å². The Morgan fingerprint density at radius 3 is 2.42 bits per heavy atom. The largest absolute Gasteiger partial charge is 0.323 e. The molecule has 6 heteroatoms. The first-order valence-corrected chi connectivity index (χ1v) is 6.41. The Morgan fingerprint density at radius 2 is 1.74 bits per heavy atom. The van der Waals surface area contributed by atoms with Crippen molar-refractivity contribution < 1.29 is 13.6 Å². The van der Waals surface area contributed by atoms with Gasteiger partial charge in [-0.3, -0.25) is 0 Å². The molecule has 3 nitrogen and oxygen atoms in total. The number of amides is 2. The Labute approximate surface area is 122 Å². The predicted octanol–water partition coefficient (Wildman–Crippen LogP) is 4.21. The maximum absolute atomic E-state index is 12.9. The minimum Gasteiger partial charge on any atom is -0.308 e. The number of nitrogens with one attached hydrogen (secondary N) is 2. The fourth-order valence-corrected chi connectivity index (χ4v) is 2.05. The summed E-state index contributed by atoms with van der Waals surface area (Å²) in [6, 6.07) is 9.04. The van der Waals surface area contributed by atoms with Crippen molar-refractivity contribution in [3.63, 3.8) is 0 Å². The summed E-state index contributed by atoms with van der Waals surface area (Å²) < 4.78 is 26.4. The van der Waals surface area contributed by atoms with E-state index in [0.29, 0.717) is 14.9 Å². The van der Waals surface area contributed by atoms with Gasteiger partial charge in [0.25, 0.3) is 0 Å². The number of hydrogen-bond donors (Lipinski definition) is 2. The molecule has 0 spiro atoms. The summed E-state index contributed by atoms with van der Waals surface area (Å²) >= 11 is 1.91. The molecule has 2 rings (SSSR count). The molecule has 0 radical (unpaired) electrons. The summed E-state index contributed by atoms with van der Waals surface area (Å²) in [4.78, 5) is 11.7. The second-order valence-electron chi connectivity index (χ2n) is 3.71. The van der Waals surface area contributed by atoms with E-state index in [2.05, 4.69) is 10.6 Å². The van der Waals surface area contributed by atoms with Crippen LogP contribution in [0.1, 0.15) is 0 Å². The van der Waals surface area contributed by atoms with Gasteiger partial charge >= 0.3 is 6.03 Å². The van der Waals surface area contributed by atoms with E-state index >= 15 is 0 Å². The highest BCUT2D eigenvalue weighted by Crippen LogP contribution is 2.19. The van der Waals surface area contributed by atoms with Gasteiger partial charge in [-0.2, -0.15) is 0 Å². The topological polar surface area (TPSA) is 41.1 Å². The van der Waals surface area contributed by atoms with Gasteiger partial charge in [0.15, 0.2) is 0 Å². The minimum absolute atomic E-state index is 0.342. The quantitative estimate of drug-likeness (QED) is 0.760. The van der Waals surface area contributed by atoms with Crippen LogP contribution in [0.4, 0.5) is 25.0 Å². The van der Waals surface area contributed by atoms with Gasteiger partial charge in [0.05, 0.1) is 5.69 Å². The monoisotopic (exact) mass is 374 g/mol. The van der Waals surface area contributed by atoms with Crippen molar-refractivity contribution in [2.45, 2.75) is 0 Å². The number of benzene rings is 2. The van der Waals surface area contributed by atoms with Crippen LogP contribution in [0.2, 0.25) is 0 Å².